The lowest BCUT2D eigenvalue weighted by atomic mass is 9.42. The minimum absolute atomic E-state index is 0.0663. The minimum Gasteiger partial charge on any atom is -0.457 e. The number of nitrogen functional groups attached to an aromatic ring is 2. The molecule has 0 radical (unpaired) electrons. The van der Waals surface area contributed by atoms with Crippen LogP contribution in [0.2, 0.25) is 0 Å². The van der Waals surface area contributed by atoms with Gasteiger partial charge < -0.3 is 20.9 Å². The zero-order chi connectivity index (χ0) is 38.4. The van der Waals surface area contributed by atoms with Crippen LogP contribution in [0.5, 0.6) is 23.0 Å². The van der Waals surface area contributed by atoms with Gasteiger partial charge in [-0.2, -0.15) is 0 Å². The zero-order valence-corrected chi connectivity index (χ0v) is 34.2. The van der Waals surface area contributed by atoms with Crippen LogP contribution >= 0.6 is 0 Å². The molecular weight excluding hydrogens is 673 g/mol. The largest absolute Gasteiger partial charge is 0.457 e. The maximum atomic E-state index is 6.27. The molecule has 0 aliphatic heterocycles. The van der Waals surface area contributed by atoms with Crippen LogP contribution in [0.25, 0.3) is 0 Å². The van der Waals surface area contributed by atoms with Gasteiger partial charge in [0.05, 0.1) is 0 Å². The average molecular weight is 739 g/mol. The van der Waals surface area contributed by atoms with Gasteiger partial charge in [-0.3, -0.25) is 0 Å². The number of rotatable bonds is 11. The van der Waals surface area contributed by atoms with Gasteiger partial charge in [-0.05, 0) is 194 Å². The fourth-order valence-corrected chi connectivity index (χ4v) is 12.9. The van der Waals surface area contributed by atoms with E-state index >= 15 is 0 Å². The van der Waals surface area contributed by atoms with Crippen LogP contribution in [0.3, 0.4) is 0 Å². The van der Waals surface area contributed by atoms with E-state index < -0.39 is 0 Å². The van der Waals surface area contributed by atoms with E-state index in [9.17, 15) is 0 Å². The molecule has 8 rings (SSSR count). The number of benzene rings is 4. The van der Waals surface area contributed by atoms with Crippen LogP contribution in [-0.4, -0.2) is 0 Å². The number of anilines is 2. The lowest BCUT2D eigenvalue weighted by molar-refractivity contribution is -0.122. The first-order valence-electron chi connectivity index (χ1n) is 21.8. The van der Waals surface area contributed by atoms with E-state index in [-0.39, 0.29) is 5.41 Å². The lowest BCUT2D eigenvalue weighted by Crippen LogP contribution is -2.55. The molecule has 0 bridgehead atoms. The Morgan fingerprint density at radius 3 is 1.62 bits per heavy atom. The molecule has 4 nitrogen and oxygen atoms in total. The zero-order valence-electron chi connectivity index (χ0n) is 34.2. The summed E-state index contributed by atoms with van der Waals surface area (Å²) in [4.78, 5) is 0. The first-order chi connectivity index (χ1) is 26.5. The Bertz CT molecular complexity index is 1790. The molecule has 0 amide bonds. The Morgan fingerprint density at radius 2 is 1.09 bits per heavy atom. The molecule has 0 saturated heterocycles. The van der Waals surface area contributed by atoms with Gasteiger partial charge >= 0.3 is 0 Å². The van der Waals surface area contributed by atoms with Gasteiger partial charge in [0.25, 0.3) is 0 Å². The molecule has 4 N–H and O–H groups in total. The summed E-state index contributed by atoms with van der Waals surface area (Å²) in [7, 11) is 0. The summed E-state index contributed by atoms with van der Waals surface area (Å²) in [6.07, 6.45) is 16.4. The van der Waals surface area contributed by atoms with Gasteiger partial charge in [0.1, 0.15) is 23.0 Å². The first kappa shape index (κ1) is 38.0. The molecule has 4 aromatic rings. The average Bonchev–Trinajstić information content (AvgIpc) is 3.56. The Labute approximate surface area is 331 Å². The van der Waals surface area contributed by atoms with Gasteiger partial charge in [0.2, 0.25) is 0 Å². The Hall–Kier alpha value is -3.92. The van der Waals surface area contributed by atoms with Crippen molar-refractivity contribution in [2.75, 3.05) is 11.5 Å². The quantitative estimate of drug-likeness (QED) is 0.150. The van der Waals surface area contributed by atoms with E-state index in [0.717, 1.165) is 76.3 Å². The number of hydrogen-bond acceptors (Lipinski definition) is 4. The van der Waals surface area contributed by atoms with Crippen molar-refractivity contribution in [3.8, 4) is 23.0 Å². The van der Waals surface area contributed by atoms with E-state index in [1.807, 2.05) is 48.5 Å². The standard InChI is InChI=1S/C51H66N2O2/c1-6-34(2)7-8-35(3)46-27-28-47-45-26-13-38-33-51(32-31-49(38,4)48(45)29-30-50(46,47)5,36-9-18-41(19-10-36)54-43-22-14-39(52)15-23-43)37-11-20-42(21-12-37)55-44-24-16-40(53)17-25-44/h9-12,14-25,34-35,38,45-48H,6-8,13,26-33,52-53H2,1-5H3. The summed E-state index contributed by atoms with van der Waals surface area (Å²) >= 11 is 0. The van der Waals surface area contributed by atoms with E-state index in [1.165, 1.54) is 81.8 Å². The summed E-state index contributed by atoms with van der Waals surface area (Å²) in [5, 5.41) is 0. The Balaban J connectivity index is 1.05. The number of nitrogens with two attached hydrogens (primary N) is 2. The summed E-state index contributed by atoms with van der Waals surface area (Å²) < 4.78 is 12.5. The summed E-state index contributed by atoms with van der Waals surface area (Å²) in [5.74, 6) is 9.30. The predicted molar refractivity (Wildman–Crippen MR) is 229 cm³/mol. The summed E-state index contributed by atoms with van der Waals surface area (Å²) in [6.45, 7) is 12.9. The predicted octanol–water partition coefficient (Wildman–Crippen LogP) is 13.8. The van der Waals surface area contributed by atoms with Gasteiger partial charge in [0, 0.05) is 16.8 Å². The van der Waals surface area contributed by atoms with E-state index in [4.69, 9.17) is 20.9 Å². The van der Waals surface area contributed by atoms with Gasteiger partial charge in [0.15, 0.2) is 0 Å². The van der Waals surface area contributed by atoms with E-state index in [1.54, 1.807) is 0 Å². The molecular formula is C51H66N2O2. The molecule has 4 saturated carbocycles. The molecule has 9 atom stereocenters. The van der Waals surface area contributed by atoms with Crippen LogP contribution in [0.15, 0.2) is 97.1 Å². The third-order valence-electron chi connectivity index (χ3n) is 16.4. The van der Waals surface area contributed by atoms with Crippen molar-refractivity contribution in [3.05, 3.63) is 108 Å². The van der Waals surface area contributed by atoms with Gasteiger partial charge in [-0.15, -0.1) is 0 Å². The van der Waals surface area contributed by atoms with Crippen LogP contribution in [0.4, 0.5) is 11.4 Å². The van der Waals surface area contributed by atoms with Crippen molar-refractivity contribution >= 4 is 11.4 Å². The topological polar surface area (TPSA) is 70.5 Å². The molecule has 0 heterocycles. The molecule has 55 heavy (non-hydrogen) atoms. The fourth-order valence-electron chi connectivity index (χ4n) is 12.9. The van der Waals surface area contributed by atoms with E-state index in [0.29, 0.717) is 16.7 Å². The highest BCUT2D eigenvalue weighted by Crippen LogP contribution is 2.70. The molecule has 4 fully saturated rings. The second-order valence-corrected chi connectivity index (χ2v) is 19.1. The molecule has 4 heteroatoms. The van der Waals surface area contributed by atoms with E-state index in [2.05, 4.69) is 83.1 Å². The Kier molecular flexibility index (Phi) is 10.5. The minimum atomic E-state index is -0.0663. The highest BCUT2D eigenvalue weighted by molar-refractivity contribution is 5.48. The second-order valence-electron chi connectivity index (χ2n) is 19.1. The van der Waals surface area contributed by atoms with Crippen LogP contribution < -0.4 is 20.9 Å². The summed E-state index contributed by atoms with van der Waals surface area (Å²) in [5.41, 5.74) is 17.0. The van der Waals surface area contributed by atoms with Crippen molar-refractivity contribution in [1.29, 1.82) is 0 Å². The second kappa shape index (κ2) is 15.2. The van der Waals surface area contributed by atoms with Crippen molar-refractivity contribution in [2.24, 2.45) is 52.3 Å². The maximum absolute atomic E-state index is 6.27. The van der Waals surface area contributed by atoms with Crippen molar-refractivity contribution in [2.45, 2.75) is 117 Å². The van der Waals surface area contributed by atoms with Crippen LogP contribution in [0.1, 0.15) is 123 Å². The Morgan fingerprint density at radius 1 is 0.582 bits per heavy atom. The smallest absolute Gasteiger partial charge is 0.127 e. The molecule has 292 valence electrons. The molecule has 0 aromatic heterocycles. The van der Waals surface area contributed by atoms with Crippen molar-refractivity contribution < 1.29 is 9.47 Å². The summed E-state index contributed by atoms with van der Waals surface area (Å²) in [6, 6.07) is 33.3. The van der Waals surface area contributed by atoms with Gasteiger partial charge in [-0.25, -0.2) is 0 Å². The lowest BCUT2D eigenvalue weighted by Gasteiger charge is -2.63. The van der Waals surface area contributed by atoms with Crippen LogP contribution in [0, 0.1) is 52.3 Å². The fraction of sp³-hybridized carbons (Fsp3) is 0.529. The molecule has 4 aliphatic carbocycles. The monoisotopic (exact) mass is 739 g/mol. The van der Waals surface area contributed by atoms with Gasteiger partial charge in [-0.1, -0.05) is 78.1 Å². The number of fused-ring (bicyclic) bond motifs is 5. The maximum Gasteiger partial charge on any atom is 0.127 e. The first-order valence-corrected chi connectivity index (χ1v) is 21.8. The molecule has 0 spiro atoms. The van der Waals surface area contributed by atoms with Crippen molar-refractivity contribution in [1.82, 2.24) is 0 Å². The number of hydrogen-bond donors (Lipinski definition) is 2. The third-order valence-corrected chi connectivity index (χ3v) is 16.4. The SMILES string of the molecule is CCC(C)CCC(C)C1CCC2C3CCC4CC(c5ccc(Oc6ccc(N)cc6)cc5)(c5ccc(Oc6ccc(N)cc6)cc5)CCC4(C)C3CCC12C. The molecule has 9 unspecified atom stereocenters. The highest BCUT2D eigenvalue weighted by atomic mass is 16.5. The third kappa shape index (κ3) is 7.17. The number of ether oxygens (including phenoxy) is 2. The van der Waals surface area contributed by atoms with Crippen molar-refractivity contribution in [3.63, 3.8) is 0 Å². The highest BCUT2D eigenvalue weighted by Gasteiger charge is 2.62. The van der Waals surface area contributed by atoms with Crippen LogP contribution in [-0.2, 0) is 5.41 Å². The normalized spacial score (nSPS) is 30.7. The molecule has 4 aromatic carbocycles. The molecule has 4 aliphatic rings.